The molecule has 0 aromatic heterocycles. The van der Waals surface area contributed by atoms with Crippen molar-refractivity contribution < 1.29 is 23.6 Å². The van der Waals surface area contributed by atoms with Gasteiger partial charge >= 0.3 is 13.1 Å². The fourth-order valence-electron chi connectivity index (χ4n) is 4.79. The summed E-state index contributed by atoms with van der Waals surface area (Å²) >= 11 is 0. The number of hydrogen-bond donors (Lipinski definition) is 0. The van der Waals surface area contributed by atoms with Crippen molar-refractivity contribution in [3.8, 4) is 0 Å². The Kier molecular flexibility index (Phi) is 6.41. The molecule has 0 N–H and O–H groups in total. The van der Waals surface area contributed by atoms with Gasteiger partial charge < -0.3 is 14.0 Å². The second kappa shape index (κ2) is 8.92. The molecular formula is C29H33BO5. The van der Waals surface area contributed by atoms with Crippen LogP contribution in [0.4, 0.5) is 0 Å². The second-order valence-corrected chi connectivity index (χ2v) is 10.7. The van der Waals surface area contributed by atoms with Crippen LogP contribution in [0.15, 0.2) is 54.6 Å². The summed E-state index contributed by atoms with van der Waals surface area (Å²) in [5, 5.41) is 1.99. The van der Waals surface area contributed by atoms with Gasteiger partial charge in [0.2, 0.25) is 0 Å². The summed E-state index contributed by atoms with van der Waals surface area (Å²) in [6.07, 6.45) is 1.55. The van der Waals surface area contributed by atoms with E-state index in [0.29, 0.717) is 6.42 Å². The molecule has 4 rings (SSSR count). The minimum Gasteiger partial charge on any atom is -0.468 e. The fourth-order valence-corrected chi connectivity index (χ4v) is 4.79. The number of aldehydes is 1. The van der Waals surface area contributed by atoms with E-state index in [1.165, 1.54) is 7.11 Å². The van der Waals surface area contributed by atoms with Gasteiger partial charge in [-0.25, -0.2) is 0 Å². The van der Waals surface area contributed by atoms with Crippen molar-refractivity contribution in [3.63, 3.8) is 0 Å². The maximum absolute atomic E-state index is 12.3. The number of carbonyl (C=O) groups is 2. The van der Waals surface area contributed by atoms with E-state index in [1.807, 2.05) is 71.0 Å². The van der Waals surface area contributed by atoms with E-state index in [-0.39, 0.29) is 5.97 Å². The van der Waals surface area contributed by atoms with Gasteiger partial charge in [0.15, 0.2) is 6.29 Å². The third kappa shape index (κ3) is 4.41. The minimum absolute atomic E-state index is 0.297. The Morgan fingerprint density at radius 3 is 2.46 bits per heavy atom. The van der Waals surface area contributed by atoms with E-state index in [2.05, 4.69) is 25.1 Å². The van der Waals surface area contributed by atoms with Gasteiger partial charge in [-0.05, 0) is 74.5 Å². The summed E-state index contributed by atoms with van der Waals surface area (Å²) in [6.45, 7) is 11.8. The molecule has 0 saturated carbocycles. The summed E-state index contributed by atoms with van der Waals surface area (Å²) in [4.78, 5) is 24.1. The number of methoxy groups -OCH3 is 1. The maximum Gasteiger partial charge on any atom is 0.494 e. The maximum atomic E-state index is 12.3. The van der Waals surface area contributed by atoms with Crippen molar-refractivity contribution in [3.05, 3.63) is 76.9 Å². The first-order valence-corrected chi connectivity index (χ1v) is 11.9. The molecule has 3 aromatic rings. The van der Waals surface area contributed by atoms with E-state index >= 15 is 0 Å². The average molecular weight is 472 g/mol. The SMILES string of the molecule is COC(=O)C(C)(C)c1cccc(B2OC(C)(C)C(C)(Cc3ccc4ccc(C)c(C=O)c4c3)O2)c1. The Morgan fingerprint density at radius 2 is 1.77 bits per heavy atom. The number of hydrogen-bond acceptors (Lipinski definition) is 5. The van der Waals surface area contributed by atoms with E-state index in [1.54, 1.807) is 0 Å². The number of fused-ring (bicyclic) bond motifs is 1. The third-order valence-electron chi connectivity index (χ3n) is 7.62. The Labute approximate surface area is 207 Å². The lowest BCUT2D eigenvalue weighted by molar-refractivity contribution is -0.146. The van der Waals surface area contributed by atoms with Gasteiger partial charge in [0.05, 0.1) is 23.7 Å². The molecule has 1 unspecified atom stereocenters. The quantitative estimate of drug-likeness (QED) is 0.289. The lowest BCUT2D eigenvalue weighted by Crippen LogP contribution is -2.46. The van der Waals surface area contributed by atoms with Crippen LogP contribution in [0.25, 0.3) is 10.8 Å². The van der Waals surface area contributed by atoms with Crippen LogP contribution in [0.2, 0.25) is 0 Å². The van der Waals surface area contributed by atoms with Crippen LogP contribution >= 0.6 is 0 Å². The standard InChI is InChI=1S/C29H33BO5/c1-19-11-13-21-14-12-20(15-24(21)25(19)18-31)17-29(6)28(4,5)34-30(35-29)23-10-8-9-22(16-23)27(2,3)26(32)33-7/h8-16,18H,17H2,1-7H3. The third-order valence-corrected chi connectivity index (χ3v) is 7.62. The molecule has 1 saturated heterocycles. The molecule has 0 amide bonds. The average Bonchev–Trinajstić information content (AvgIpc) is 3.06. The summed E-state index contributed by atoms with van der Waals surface area (Å²) in [5.74, 6) is -0.297. The number of rotatable bonds is 6. The Balaban J connectivity index is 1.65. The van der Waals surface area contributed by atoms with E-state index in [0.717, 1.165) is 44.8 Å². The number of aryl methyl sites for hydroxylation is 1. The molecule has 0 bridgehead atoms. The Hall–Kier alpha value is -2.96. The molecule has 0 aliphatic carbocycles. The van der Waals surface area contributed by atoms with Gasteiger partial charge in [0.1, 0.15) is 0 Å². The first kappa shape index (κ1) is 25.1. The predicted octanol–water partition coefficient (Wildman–Crippen LogP) is 4.93. The topological polar surface area (TPSA) is 61.8 Å². The smallest absolute Gasteiger partial charge is 0.468 e. The normalized spacial score (nSPS) is 19.7. The molecule has 182 valence electrons. The van der Waals surface area contributed by atoms with Gasteiger partial charge in [0, 0.05) is 12.0 Å². The Bertz CT molecular complexity index is 1300. The summed E-state index contributed by atoms with van der Waals surface area (Å²) in [7, 11) is 0.827. The molecule has 3 aromatic carbocycles. The molecule has 1 fully saturated rings. The lowest BCUT2D eigenvalue weighted by Gasteiger charge is -2.36. The molecular weight excluding hydrogens is 439 g/mol. The minimum atomic E-state index is -0.790. The highest BCUT2D eigenvalue weighted by atomic mass is 16.7. The molecule has 1 aliphatic heterocycles. The number of ether oxygens (including phenoxy) is 1. The molecule has 1 aliphatic rings. The van der Waals surface area contributed by atoms with Crippen molar-refractivity contribution in [1.29, 1.82) is 0 Å². The predicted molar refractivity (Wildman–Crippen MR) is 139 cm³/mol. The zero-order valence-electron chi connectivity index (χ0n) is 21.6. The van der Waals surface area contributed by atoms with E-state index in [9.17, 15) is 9.59 Å². The van der Waals surface area contributed by atoms with Crippen LogP contribution in [0.5, 0.6) is 0 Å². The van der Waals surface area contributed by atoms with Crippen molar-refractivity contribution >= 4 is 35.6 Å². The monoisotopic (exact) mass is 472 g/mol. The Morgan fingerprint density at radius 1 is 1.06 bits per heavy atom. The van der Waals surface area contributed by atoms with Crippen LogP contribution in [0.3, 0.4) is 0 Å². The van der Waals surface area contributed by atoms with Crippen LogP contribution in [0, 0.1) is 6.92 Å². The van der Waals surface area contributed by atoms with Gasteiger partial charge in [-0.15, -0.1) is 0 Å². The molecule has 1 atom stereocenters. The van der Waals surface area contributed by atoms with Crippen molar-refractivity contribution in [1.82, 2.24) is 0 Å². The lowest BCUT2D eigenvalue weighted by atomic mass is 9.75. The summed E-state index contributed by atoms with van der Waals surface area (Å²) < 4.78 is 18.0. The first-order chi connectivity index (χ1) is 16.4. The van der Waals surface area contributed by atoms with Crippen LogP contribution in [-0.2, 0) is 30.7 Å². The second-order valence-electron chi connectivity index (χ2n) is 10.7. The highest BCUT2D eigenvalue weighted by molar-refractivity contribution is 6.62. The largest absolute Gasteiger partial charge is 0.494 e. The van der Waals surface area contributed by atoms with Crippen molar-refractivity contribution in [2.45, 2.75) is 64.6 Å². The van der Waals surface area contributed by atoms with Gasteiger partial charge in [-0.3, -0.25) is 9.59 Å². The van der Waals surface area contributed by atoms with Crippen LogP contribution in [-0.4, -0.2) is 37.7 Å². The highest BCUT2D eigenvalue weighted by Crippen LogP contribution is 2.40. The van der Waals surface area contributed by atoms with Crippen molar-refractivity contribution in [2.24, 2.45) is 0 Å². The number of carbonyl (C=O) groups excluding carboxylic acids is 2. The number of esters is 1. The molecule has 6 heteroatoms. The molecule has 0 radical (unpaired) electrons. The summed E-state index contributed by atoms with van der Waals surface area (Å²) in [6, 6.07) is 18.0. The molecule has 5 nitrogen and oxygen atoms in total. The molecule has 35 heavy (non-hydrogen) atoms. The summed E-state index contributed by atoms with van der Waals surface area (Å²) in [5.41, 5.74) is 2.46. The van der Waals surface area contributed by atoms with Gasteiger partial charge in [0.25, 0.3) is 0 Å². The van der Waals surface area contributed by atoms with Gasteiger partial charge in [-0.1, -0.05) is 54.6 Å². The zero-order valence-corrected chi connectivity index (χ0v) is 21.6. The number of benzene rings is 3. The zero-order chi connectivity index (χ0) is 25.6. The molecule has 1 heterocycles. The van der Waals surface area contributed by atoms with E-state index < -0.39 is 23.7 Å². The highest BCUT2D eigenvalue weighted by Gasteiger charge is 2.54. The van der Waals surface area contributed by atoms with Crippen LogP contribution in [0.1, 0.15) is 61.7 Å². The van der Waals surface area contributed by atoms with Crippen LogP contribution < -0.4 is 5.46 Å². The van der Waals surface area contributed by atoms with Crippen molar-refractivity contribution in [2.75, 3.05) is 7.11 Å². The molecule has 0 spiro atoms. The van der Waals surface area contributed by atoms with E-state index in [4.69, 9.17) is 14.0 Å². The fraction of sp³-hybridized carbons (Fsp3) is 0.379. The van der Waals surface area contributed by atoms with Gasteiger partial charge in [-0.2, -0.15) is 0 Å². The first-order valence-electron chi connectivity index (χ1n) is 11.9.